The first kappa shape index (κ1) is 26.0. The number of benzene rings is 2. The molecule has 2 aliphatic rings. The number of carbonyl (C=O) groups excluding carboxylic acids is 2. The SMILES string of the molecule is CCCC(=O)N1CC2(CCN(C(=O)Nc3cccc(F)c3)CC2)c2c(n(C)c3cc(OC)ccc23)[C@@H]1CO. The van der Waals surface area contributed by atoms with Crippen molar-refractivity contribution in [2.24, 2.45) is 7.05 Å². The van der Waals surface area contributed by atoms with Crippen molar-refractivity contribution in [1.82, 2.24) is 14.4 Å². The summed E-state index contributed by atoms with van der Waals surface area (Å²) in [6.45, 7) is 3.30. The van der Waals surface area contributed by atoms with E-state index in [-0.39, 0.29) is 24.0 Å². The molecule has 3 amide bonds. The number of hydrogen-bond acceptors (Lipinski definition) is 4. The van der Waals surface area contributed by atoms with Gasteiger partial charge < -0.3 is 29.5 Å². The lowest BCUT2D eigenvalue weighted by molar-refractivity contribution is -0.137. The van der Waals surface area contributed by atoms with Crippen LogP contribution in [0.15, 0.2) is 42.5 Å². The molecule has 2 aliphatic heterocycles. The number of ether oxygens (including phenoxy) is 1. The zero-order chi connectivity index (χ0) is 27.0. The molecule has 5 rings (SSSR count). The number of aliphatic hydroxyl groups excluding tert-OH is 1. The first-order valence-electron chi connectivity index (χ1n) is 13.2. The van der Waals surface area contributed by atoms with Gasteiger partial charge in [0, 0.05) is 61.4 Å². The minimum Gasteiger partial charge on any atom is -0.497 e. The number of halogens is 1. The molecule has 3 aromatic rings. The van der Waals surface area contributed by atoms with E-state index in [1.165, 1.54) is 12.1 Å². The summed E-state index contributed by atoms with van der Waals surface area (Å²) >= 11 is 0. The smallest absolute Gasteiger partial charge is 0.321 e. The van der Waals surface area contributed by atoms with Gasteiger partial charge in [0.25, 0.3) is 0 Å². The lowest BCUT2D eigenvalue weighted by atomic mass is 9.68. The highest BCUT2D eigenvalue weighted by Crippen LogP contribution is 2.50. The normalized spacial score (nSPS) is 18.5. The maximum Gasteiger partial charge on any atom is 0.321 e. The molecule has 9 heteroatoms. The van der Waals surface area contributed by atoms with Gasteiger partial charge in [0.15, 0.2) is 0 Å². The van der Waals surface area contributed by atoms with Crippen LogP contribution in [-0.4, -0.2) is 64.8 Å². The molecule has 2 N–H and O–H groups in total. The first-order valence-corrected chi connectivity index (χ1v) is 13.2. The molecular weight excluding hydrogens is 487 g/mol. The van der Waals surface area contributed by atoms with Crippen molar-refractivity contribution in [2.75, 3.05) is 38.7 Å². The molecule has 3 heterocycles. The molecule has 0 bridgehead atoms. The van der Waals surface area contributed by atoms with Crippen LogP contribution in [0, 0.1) is 5.82 Å². The largest absolute Gasteiger partial charge is 0.497 e. The van der Waals surface area contributed by atoms with Gasteiger partial charge >= 0.3 is 6.03 Å². The number of nitrogens with one attached hydrogen (secondary N) is 1. The van der Waals surface area contributed by atoms with Crippen molar-refractivity contribution in [3.8, 4) is 5.75 Å². The minimum absolute atomic E-state index is 0.0330. The third-order valence-electron chi connectivity index (χ3n) is 8.19. The van der Waals surface area contributed by atoms with Gasteiger partial charge in [0.1, 0.15) is 11.6 Å². The Hall–Kier alpha value is -3.59. The molecule has 202 valence electrons. The zero-order valence-corrected chi connectivity index (χ0v) is 22.2. The van der Waals surface area contributed by atoms with Crippen LogP contribution < -0.4 is 10.1 Å². The van der Waals surface area contributed by atoms with Crippen molar-refractivity contribution in [1.29, 1.82) is 0 Å². The Kier molecular flexibility index (Phi) is 7.05. The van der Waals surface area contributed by atoms with Gasteiger partial charge in [-0.25, -0.2) is 9.18 Å². The maximum atomic E-state index is 13.6. The van der Waals surface area contributed by atoms with Gasteiger partial charge in [0.2, 0.25) is 5.91 Å². The van der Waals surface area contributed by atoms with Gasteiger partial charge in [0.05, 0.1) is 25.3 Å². The summed E-state index contributed by atoms with van der Waals surface area (Å²) in [6, 6.07) is 11.2. The summed E-state index contributed by atoms with van der Waals surface area (Å²) < 4.78 is 21.2. The van der Waals surface area contributed by atoms with Gasteiger partial charge in [-0.3, -0.25) is 4.79 Å². The predicted molar refractivity (Wildman–Crippen MR) is 144 cm³/mol. The molecule has 8 nitrogen and oxygen atoms in total. The highest BCUT2D eigenvalue weighted by molar-refractivity contribution is 5.91. The number of fused-ring (bicyclic) bond motifs is 4. The lowest BCUT2D eigenvalue weighted by Gasteiger charge is -2.50. The second-order valence-corrected chi connectivity index (χ2v) is 10.4. The molecule has 1 saturated heterocycles. The van der Waals surface area contributed by atoms with Crippen molar-refractivity contribution in [3.63, 3.8) is 0 Å². The second kappa shape index (κ2) is 10.3. The monoisotopic (exact) mass is 522 g/mol. The number of amides is 3. The highest BCUT2D eigenvalue weighted by Gasteiger charge is 2.49. The number of aryl methyl sites for hydroxylation is 1. The van der Waals surface area contributed by atoms with E-state index in [2.05, 4.69) is 16.0 Å². The van der Waals surface area contributed by atoms with Crippen LogP contribution in [0.4, 0.5) is 14.9 Å². The molecule has 1 atom stereocenters. The number of rotatable bonds is 5. The third-order valence-corrected chi connectivity index (χ3v) is 8.19. The Morgan fingerprint density at radius 3 is 2.61 bits per heavy atom. The molecule has 1 fully saturated rings. The number of anilines is 1. The van der Waals surface area contributed by atoms with E-state index in [9.17, 15) is 19.1 Å². The molecule has 0 aliphatic carbocycles. The topological polar surface area (TPSA) is 87.0 Å². The quantitative estimate of drug-likeness (QED) is 0.514. The van der Waals surface area contributed by atoms with E-state index in [0.717, 1.165) is 34.3 Å². The highest BCUT2D eigenvalue weighted by atomic mass is 19.1. The van der Waals surface area contributed by atoms with Crippen molar-refractivity contribution in [2.45, 2.75) is 44.1 Å². The number of methoxy groups -OCH3 is 1. The van der Waals surface area contributed by atoms with E-state index in [0.29, 0.717) is 44.6 Å². The maximum absolute atomic E-state index is 13.6. The summed E-state index contributed by atoms with van der Waals surface area (Å²) in [4.78, 5) is 29.9. The van der Waals surface area contributed by atoms with Gasteiger partial charge in [-0.2, -0.15) is 0 Å². The fourth-order valence-corrected chi connectivity index (χ4v) is 6.29. The standard InChI is InChI=1S/C29H35FN4O4/c1-4-6-25(36)34-18-29(11-13-33(14-12-29)28(37)31-20-8-5-7-19(30)15-20)26-22-10-9-21(38-3)16-23(22)32(2)27(26)24(34)17-35/h5,7-10,15-16,24,35H,4,6,11-14,17-18H2,1-3H3,(H,31,37)/t24-/m0/s1. The summed E-state index contributed by atoms with van der Waals surface area (Å²) in [5, 5.41) is 14.4. The lowest BCUT2D eigenvalue weighted by Crippen LogP contribution is -2.56. The Morgan fingerprint density at radius 2 is 1.95 bits per heavy atom. The molecule has 0 saturated carbocycles. The van der Waals surface area contributed by atoms with Crippen LogP contribution in [-0.2, 0) is 17.3 Å². The third kappa shape index (κ3) is 4.38. The number of aromatic nitrogens is 1. The Morgan fingerprint density at radius 1 is 1.18 bits per heavy atom. The average Bonchev–Trinajstić information content (AvgIpc) is 3.21. The van der Waals surface area contributed by atoms with Crippen LogP contribution in [0.2, 0.25) is 0 Å². The van der Waals surface area contributed by atoms with Gasteiger partial charge in [-0.05, 0) is 55.2 Å². The van der Waals surface area contributed by atoms with Crippen molar-refractivity contribution >= 4 is 28.5 Å². The Bertz CT molecular complexity index is 1360. The minimum atomic E-state index is -0.438. The molecule has 1 spiro atoms. The number of nitrogens with zero attached hydrogens (tertiary/aromatic N) is 3. The van der Waals surface area contributed by atoms with Crippen LogP contribution in [0.25, 0.3) is 10.9 Å². The van der Waals surface area contributed by atoms with E-state index in [1.54, 1.807) is 24.1 Å². The van der Waals surface area contributed by atoms with E-state index in [1.807, 2.05) is 31.0 Å². The van der Waals surface area contributed by atoms with Crippen LogP contribution in [0.1, 0.15) is 49.9 Å². The van der Waals surface area contributed by atoms with Gasteiger partial charge in [-0.1, -0.05) is 13.0 Å². The van der Waals surface area contributed by atoms with Crippen molar-refractivity contribution < 1.29 is 23.8 Å². The summed E-state index contributed by atoms with van der Waals surface area (Å²) in [5.41, 5.74) is 3.14. The average molecular weight is 523 g/mol. The zero-order valence-electron chi connectivity index (χ0n) is 22.2. The molecule has 0 unspecified atom stereocenters. The first-order chi connectivity index (χ1) is 18.3. The molecule has 38 heavy (non-hydrogen) atoms. The molecule has 1 aromatic heterocycles. The summed E-state index contributed by atoms with van der Waals surface area (Å²) in [7, 11) is 3.62. The van der Waals surface area contributed by atoms with Gasteiger partial charge in [-0.15, -0.1) is 0 Å². The number of aliphatic hydroxyl groups is 1. The number of likely N-dealkylation sites (tertiary alicyclic amines) is 1. The molecule has 0 radical (unpaired) electrons. The fraction of sp³-hybridized carbons (Fsp3) is 0.448. The van der Waals surface area contributed by atoms with E-state index >= 15 is 0 Å². The number of hydrogen-bond donors (Lipinski definition) is 2. The Labute approximate surface area is 222 Å². The van der Waals surface area contributed by atoms with E-state index < -0.39 is 11.9 Å². The molecular formula is C29H35FN4O4. The number of carbonyl (C=O) groups is 2. The summed E-state index contributed by atoms with van der Waals surface area (Å²) in [6.07, 6.45) is 2.47. The number of urea groups is 1. The van der Waals surface area contributed by atoms with Crippen molar-refractivity contribution in [3.05, 3.63) is 59.5 Å². The summed E-state index contributed by atoms with van der Waals surface area (Å²) in [5.74, 6) is 0.372. The second-order valence-electron chi connectivity index (χ2n) is 10.4. The number of piperidine rings is 1. The van der Waals surface area contributed by atoms with E-state index in [4.69, 9.17) is 4.74 Å². The van der Waals surface area contributed by atoms with Crippen LogP contribution in [0.3, 0.4) is 0 Å². The molecule has 2 aromatic carbocycles. The Balaban J connectivity index is 1.52. The van der Waals surface area contributed by atoms with Crippen LogP contribution in [0.5, 0.6) is 5.75 Å². The van der Waals surface area contributed by atoms with Crippen LogP contribution >= 0.6 is 0 Å². The fourth-order valence-electron chi connectivity index (χ4n) is 6.29. The predicted octanol–water partition coefficient (Wildman–Crippen LogP) is 4.57.